The van der Waals surface area contributed by atoms with Crippen molar-refractivity contribution in [3.63, 3.8) is 0 Å². The van der Waals surface area contributed by atoms with E-state index in [0.717, 1.165) is 12.6 Å². The van der Waals surface area contributed by atoms with Gasteiger partial charge in [0.15, 0.2) is 11.6 Å². The Hall–Kier alpha value is -2.05. The van der Waals surface area contributed by atoms with Crippen LogP contribution < -0.4 is 4.74 Å². The summed E-state index contributed by atoms with van der Waals surface area (Å²) in [6.07, 6.45) is 3.09. The Morgan fingerprint density at radius 2 is 2.33 bits per heavy atom. The molecule has 0 radical (unpaired) electrons. The number of carbonyl (C=O) groups excluding carboxylic acids is 1. The van der Waals surface area contributed by atoms with E-state index >= 15 is 0 Å². The van der Waals surface area contributed by atoms with Crippen molar-refractivity contribution in [3.05, 3.63) is 12.0 Å². The molecule has 0 saturated heterocycles. The molecule has 0 amide bonds. The second-order valence-corrected chi connectivity index (χ2v) is 3.21. The van der Waals surface area contributed by atoms with Crippen LogP contribution in [-0.2, 0) is 4.74 Å². The maximum Gasteiger partial charge on any atom is 0.516 e. The quantitative estimate of drug-likeness (QED) is 0.597. The lowest BCUT2D eigenvalue weighted by molar-refractivity contribution is 0.101. The van der Waals surface area contributed by atoms with E-state index in [4.69, 9.17) is 0 Å². The van der Waals surface area contributed by atoms with Gasteiger partial charge in [-0.25, -0.2) is 19.2 Å². The summed E-state index contributed by atoms with van der Waals surface area (Å²) in [7, 11) is 0. The van der Waals surface area contributed by atoms with Gasteiger partial charge >= 0.3 is 12.2 Å². The van der Waals surface area contributed by atoms with E-state index in [-0.39, 0.29) is 18.4 Å². The summed E-state index contributed by atoms with van der Waals surface area (Å²) in [5, 5.41) is 0. The van der Waals surface area contributed by atoms with Gasteiger partial charge in [0.1, 0.15) is 0 Å². The van der Waals surface area contributed by atoms with Crippen LogP contribution in [0.1, 0.15) is 26.7 Å². The van der Waals surface area contributed by atoms with Gasteiger partial charge in [-0.3, -0.25) is 0 Å². The number of carbonyl (C=O) groups is 1. The van der Waals surface area contributed by atoms with E-state index in [1.54, 1.807) is 13.1 Å². The number of unbranched alkanes of at least 4 members (excludes halogenated alkanes) is 1. The highest BCUT2D eigenvalue weighted by atomic mass is 19.1. The molecule has 0 aromatic carbocycles. The number of nitrogens with zero attached hydrogens (tertiary/aromatic N) is 3. The van der Waals surface area contributed by atoms with Gasteiger partial charge in [0, 0.05) is 6.21 Å². The fourth-order valence-electron chi connectivity index (χ4n) is 0.984. The third-order valence-corrected chi connectivity index (χ3v) is 1.77. The average Bonchev–Trinajstić information content (AvgIpc) is 2.34. The summed E-state index contributed by atoms with van der Waals surface area (Å²) >= 11 is 0. The molecule has 0 saturated carbocycles. The Balaban J connectivity index is 2.77. The van der Waals surface area contributed by atoms with E-state index in [9.17, 15) is 9.18 Å². The Morgan fingerprint density at radius 3 is 3.00 bits per heavy atom. The van der Waals surface area contributed by atoms with Gasteiger partial charge in [-0.1, -0.05) is 13.3 Å². The van der Waals surface area contributed by atoms with Crippen LogP contribution in [0.3, 0.4) is 0 Å². The maximum atomic E-state index is 13.3. The lowest BCUT2D eigenvalue weighted by atomic mass is 10.4. The number of hydrogen-bond donors (Lipinski definition) is 0. The van der Waals surface area contributed by atoms with Gasteiger partial charge in [-0.15, -0.1) is 0 Å². The number of aromatic nitrogens is 2. The predicted octanol–water partition coefficient (Wildman–Crippen LogP) is 2.65. The molecule has 0 atom stereocenters. The minimum atomic E-state index is -0.937. The standard InChI is InChI=1S/C11H14FN3O3/c1-3-5-6-13-9-8(12)7-14-10(15-9)18-11(16)17-4-2/h6-7H,3-5H2,1-2H3. The molecule has 1 heterocycles. The van der Waals surface area contributed by atoms with Gasteiger partial charge in [0.25, 0.3) is 0 Å². The molecular weight excluding hydrogens is 241 g/mol. The molecule has 0 aliphatic rings. The minimum Gasteiger partial charge on any atom is -0.434 e. The second kappa shape index (κ2) is 7.31. The van der Waals surface area contributed by atoms with Crippen LogP contribution >= 0.6 is 0 Å². The fourth-order valence-corrected chi connectivity index (χ4v) is 0.984. The molecule has 0 N–H and O–H groups in total. The molecular formula is C11H14FN3O3. The van der Waals surface area contributed by atoms with E-state index in [1.807, 2.05) is 6.92 Å². The van der Waals surface area contributed by atoms with Gasteiger partial charge < -0.3 is 9.47 Å². The Kier molecular flexibility index (Phi) is 5.69. The van der Waals surface area contributed by atoms with E-state index in [2.05, 4.69) is 24.4 Å². The number of aliphatic imine (C=N–C) groups is 1. The Labute approximate surface area is 104 Å². The SMILES string of the molecule is CCCC=Nc1nc(OC(=O)OCC)ncc1F. The van der Waals surface area contributed by atoms with Crippen molar-refractivity contribution in [3.8, 4) is 6.01 Å². The van der Waals surface area contributed by atoms with Crippen molar-refractivity contribution in [1.82, 2.24) is 9.97 Å². The predicted molar refractivity (Wildman–Crippen MR) is 62.7 cm³/mol. The van der Waals surface area contributed by atoms with Crippen LogP contribution in [0.15, 0.2) is 11.2 Å². The number of halogens is 1. The van der Waals surface area contributed by atoms with Crippen molar-refractivity contribution in [2.24, 2.45) is 4.99 Å². The third-order valence-electron chi connectivity index (χ3n) is 1.77. The highest BCUT2D eigenvalue weighted by Gasteiger charge is 2.11. The van der Waals surface area contributed by atoms with Crippen molar-refractivity contribution in [2.75, 3.05) is 6.61 Å². The third kappa shape index (κ3) is 4.44. The number of rotatable bonds is 5. The van der Waals surface area contributed by atoms with Crippen molar-refractivity contribution < 1.29 is 18.7 Å². The van der Waals surface area contributed by atoms with Crippen molar-refractivity contribution in [2.45, 2.75) is 26.7 Å². The first-order chi connectivity index (χ1) is 8.67. The molecule has 18 heavy (non-hydrogen) atoms. The highest BCUT2D eigenvalue weighted by molar-refractivity contribution is 5.63. The van der Waals surface area contributed by atoms with E-state index in [0.29, 0.717) is 6.42 Å². The van der Waals surface area contributed by atoms with Crippen LogP contribution in [-0.4, -0.2) is 28.9 Å². The fraction of sp³-hybridized carbons (Fsp3) is 0.455. The van der Waals surface area contributed by atoms with Crippen LogP contribution in [0.4, 0.5) is 15.0 Å². The number of hydrogen-bond acceptors (Lipinski definition) is 6. The molecule has 1 aromatic rings. The second-order valence-electron chi connectivity index (χ2n) is 3.21. The summed E-state index contributed by atoms with van der Waals surface area (Å²) in [4.78, 5) is 22.0. The molecule has 7 heteroatoms. The lowest BCUT2D eigenvalue weighted by Gasteiger charge is -2.02. The maximum absolute atomic E-state index is 13.3. The summed E-state index contributed by atoms with van der Waals surface area (Å²) in [6, 6.07) is -0.293. The van der Waals surface area contributed by atoms with Gasteiger partial charge in [0.05, 0.1) is 12.8 Å². The first-order valence-electron chi connectivity index (χ1n) is 5.57. The van der Waals surface area contributed by atoms with E-state index in [1.165, 1.54) is 0 Å². The monoisotopic (exact) mass is 255 g/mol. The van der Waals surface area contributed by atoms with Gasteiger partial charge in [0.2, 0.25) is 0 Å². The van der Waals surface area contributed by atoms with Gasteiger partial charge in [-0.05, 0) is 13.3 Å². The van der Waals surface area contributed by atoms with Crippen LogP contribution in [0, 0.1) is 5.82 Å². The van der Waals surface area contributed by atoms with Crippen molar-refractivity contribution >= 4 is 18.2 Å². The van der Waals surface area contributed by atoms with Crippen LogP contribution in [0.5, 0.6) is 6.01 Å². The molecule has 0 spiro atoms. The molecule has 0 unspecified atom stereocenters. The summed E-state index contributed by atoms with van der Waals surface area (Å²) in [6.45, 7) is 3.77. The topological polar surface area (TPSA) is 73.7 Å². The molecule has 1 rings (SSSR count). The van der Waals surface area contributed by atoms with Crippen molar-refractivity contribution in [1.29, 1.82) is 0 Å². The highest BCUT2D eigenvalue weighted by Crippen LogP contribution is 2.16. The van der Waals surface area contributed by atoms with Crippen LogP contribution in [0.2, 0.25) is 0 Å². The molecule has 1 aromatic heterocycles. The molecule has 6 nitrogen and oxygen atoms in total. The first-order valence-corrected chi connectivity index (χ1v) is 5.57. The van der Waals surface area contributed by atoms with Gasteiger partial charge in [-0.2, -0.15) is 4.98 Å². The Bertz CT molecular complexity index is 438. The summed E-state index contributed by atoms with van der Waals surface area (Å²) in [5.74, 6) is -0.851. The molecule has 0 aliphatic carbocycles. The smallest absolute Gasteiger partial charge is 0.434 e. The largest absolute Gasteiger partial charge is 0.516 e. The Morgan fingerprint density at radius 1 is 1.56 bits per heavy atom. The normalized spacial score (nSPS) is 10.6. The lowest BCUT2D eigenvalue weighted by Crippen LogP contribution is -2.12. The molecule has 0 fully saturated rings. The zero-order chi connectivity index (χ0) is 13.4. The molecule has 0 aliphatic heterocycles. The summed E-state index contributed by atoms with van der Waals surface area (Å²) < 4.78 is 22.4. The first kappa shape index (κ1) is 14.0. The zero-order valence-electron chi connectivity index (χ0n) is 10.2. The molecule has 98 valence electrons. The zero-order valence-corrected chi connectivity index (χ0v) is 10.2. The number of ether oxygens (including phenoxy) is 2. The molecule has 0 bridgehead atoms. The summed E-state index contributed by atoms with van der Waals surface area (Å²) in [5.41, 5.74) is 0. The van der Waals surface area contributed by atoms with E-state index < -0.39 is 12.0 Å². The van der Waals surface area contributed by atoms with Crippen LogP contribution in [0.25, 0.3) is 0 Å². The minimum absolute atomic E-state index is 0.168. The average molecular weight is 255 g/mol.